The third-order valence-electron chi connectivity index (χ3n) is 8.89. The van der Waals surface area contributed by atoms with Crippen molar-refractivity contribution in [1.82, 2.24) is 9.80 Å². The number of hydrogen-bond donors (Lipinski definition) is 1. The first-order valence-corrected chi connectivity index (χ1v) is 14.4. The molecule has 1 unspecified atom stereocenters. The molecule has 1 saturated heterocycles. The number of benzene rings is 1. The van der Waals surface area contributed by atoms with Crippen molar-refractivity contribution in [2.45, 2.75) is 86.1 Å². The predicted octanol–water partition coefficient (Wildman–Crippen LogP) is 6.80. The number of aliphatic hydroxyl groups excluding tert-OH is 1. The standard InChI is InChI=1S/C34H48N2O2/c1-10-16-34(17-13-18-34)22-38-29-15-12-14-26(31(29)23(3)11-2)32-28-19-24(4)27(25(5)37)20-36(28)30(21-35(32)9)33(6,7)8/h12,14-15,19-20,30,37H,4-5,10-11,13,16-18,21-22H2,1-3,6-9H3/b31-23?,32-26-. The molecule has 0 radical (unpaired) electrons. The van der Waals surface area contributed by atoms with E-state index < -0.39 is 0 Å². The van der Waals surface area contributed by atoms with Crippen molar-refractivity contribution in [3.8, 4) is 5.75 Å². The molecule has 2 heterocycles. The molecule has 2 aliphatic heterocycles. The SMILES string of the molecule is C=C(O)C1=CN2C(=CC1=C)/C(=c1\cccc(OCC3(CCC)CCC3)c1=C(C)CC)N(C)CC2C(C)(C)C. The molecule has 1 N–H and O–H groups in total. The van der Waals surface area contributed by atoms with Crippen LogP contribution in [0.4, 0.5) is 0 Å². The molecular weight excluding hydrogens is 468 g/mol. The topological polar surface area (TPSA) is 35.9 Å². The van der Waals surface area contributed by atoms with E-state index in [9.17, 15) is 5.11 Å². The summed E-state index contributed by atoms with van der Waals surface area (Å²) in [5.41, 5.74) is 5.44. The first-order chi connectivity index (χ1) is 17.9. The van der Waals surface area contributed by atoms with Gasteiger partial charge in [0, 0.05) is 41.2 Å². The van der Waals surface area contributed by atoms with Crippen molar-refractivity contribution in [3.63, 3.8) is 0 Å². The van der Waals surface area contributed by atoms with Gasteiger partial charge in [0.05, 0.1) is 24.0 Å². The van der Waals surface area contributed by atoms with Crippen molar-refractivity contribution in [1.29, 1.82) is 0 Å². The predicted molar refractivity (Wildman–Crippen MR) is 160 cm³/mol. The summed E-state index contributed by atoms with van der Waals surface area (Å²) in [6, 6.07) is 6.75. The summed E-state index contributed by atoms with van der Waals surface area (Å²) in [5, 5.41) is 12.7. The Hall–Kier alpha value is -2.88. The number of rotatable bonds is 7. The highest BCUT2D eigenvalue weighted by atomic mass is 16.5. The molecule has 3 aliphatic rings. The molecule has 1 aromatic rings. The summed E-state index contributed by atoms with van der Waals surface area (Å²) in [7, 11) is 2.20. The van der Waals surface area contributed by atoms with E-state index in [1.165, 1.54) is 53.8 Å². The Labute approximate surface area is 230 Å². The molecule has 206 valence electrons. The highest BCUT2D eigenvalue weighted by Gasteiger charge is 2.40. The van der Waals surface area contributed by atoms with Gasteiger partial charge in [-0.3, -0.25) is 0 Å². The van der Waals surface area contributed by atoms with Crippen LogP contribution in [0.2, 0.25) is 0 Å². The summed E-state index contributed by atoms with van der Waals surface area (Å²) in [6.07, 6.45) is 11.4. The molecular formula is C34H48N2O2. The average Bonchev–Trinajstić information content (AvgIpc) is 2.83. The zero-order valence-corrected chi connectivity index (χ0v) is 24.8. The molecule has 2 fully saturated rings. The van der Waals surface area contributed by atoms with Gasteiger partial charge in [-0.2, -0.15) is 0 Å². The lowest BCUT2D eigenvalue weighted by molar-refractivity contribution is 0.0474. The van der Waals surface area contributed by atoms with Gasteiger partial charge >= 0.3 is 0 Å². The molecule has 0 spiro atoms. The van der Waals surface area contributed by atoms with E-state index >= 15 is 0 Å². The lowest BCUT2D eigenvalue weighted by Crippen LogP contribution is -2.55. The van der Waals surface area contributed by atoms with Gasteiger partial charge < -0.3 is 19.6 Å². The van der Waals surface area contributed by atoms with Gasteiger partial charge in [-0.25, -0.2) is 0 Å². The van der Waals surface area contributed by atoms with Gasteiger partial charge in [0.1, 0.15) is 11.5 Å². The zero-order chi connectivity index (χ0) is 27.8. The van der Waals surface area contributed by atoms with Crippen LogP contribution in [-0.4, -0.2) is 41.1 Å². The highest BCUT2D eigenvalue weighted by Crippen LogP contribution is 2.45. The fourth-order valence-corrected chi connectivity index (χ4v) is 6.36. The molecule has 1 atom stereocenters. The van der Waals surface area contributed by atoms with E-state index in [2.05, 4.69) is 95.8 Å². The average molecular weight is 517 g/mol. The number of allylic oxidation sites excluding steroid dienone is 2. The fourth-order valence-electron chi connectivity index (χ4n) is 6.36. The first kappa shape index (κ1) is 28.1. The van der Waals surface area contributed by atoms with Crippen LogP contribution in [0, 0.1) is 10.8 Å². The number of hydrogen-bond acceptors (Lipinski definition) is 4. The van der Waals surface area contributed by atoms with E-state index in [4.69, 9.17) is 4.74 Å². The Morgan fingerprint density at radius 2 is 1.92 bits per heavy atom. The van der Waals surface area contributed by atoms with E-state index in [-0.39, 0.29) is 17.2 Å². The van der Waals surface area contributed by atoms with Crippen molar-refractivity contribution < 1.29 is 9.84 Å². The number of ether oxygens (including phenoxy) is 1. The Bertz CT molecular complexity index is 1290. The minimum atomic E-state index is 0.0194. The minimum Gasteiger partial charge on any atom is -0.508 e. The van der Waals surface area contributed by atoms with E-state index in [0.717, 1.165) is 36.6 Å². The van der Waals surface area contributed by atoms with Gasteiger partial charge in [0.25, 0.3) is 0 Å². The number of likely N-dealkylation sites (N-methyl/N-ethyl adjacent to an activating group) is 1. The molecule has 1 aromatic carbocycles. The van der Waals surface area contributed by atoms with Crippen LogP contribution in [0.5, 0.6) is 5.75 Å². The minimum absolute atomic E-state index is 0.0194. The van der Waals surface area contributed by atoms with Crippen molar-refractivity contribution in [2.75, 3.05) is 20.2 Å². The summed E-state index contributed by atoms with van der Waals surface area (Å²) in [5.74, 6) is 1.05. The second-order valence-electron chi connectivity index (χ2n) is 12.8. The second-order valence-corrected chi connectivity index (χ2v) is 12.8. The Morgan fingerprint density at radius 1 is 1.21 bits per heavy atom. The summed E-state index contributed by atoms with van der Waals surface area (Å²) >= 11 is 0. The van der Waals surface area contributed by atoms with Gasteiger partial charge in [-0.15, -0.1) is 0 Å². The molecule has 0 aromatic heterocycles. The van der Waals surface area contributed by atoms with Crippen molar-refractivity contribution in [3.05, 3.63) is 76.7 Å². The summed E-state index contributed by atoms with van der Waals surface area (Å²) < 4.78 is 6.71. The van der Waals surface area contributed by atoms with Crippen LogP contribution in [-0.2, 0) is 0 Å². The van der Waals surface area contributed by atoms with Crippen molar-refractivity contribution in [2.24, 2.45) is 10.8 Å². The number of aliphatic hydroxyl groups is 1. The molecule has 1 saturated carbocycles. The number of nitrogens with zero attached hydrogens (tertiary/aromatic N) is 2. The normalized spacial score (nSPS) is 23.2. The molecule has 1 aliphatic carbocycles. The van der Waals surface area contributed by atoms with E-state index in [1.54, 1.807) is 0 Å². The Kier molecular flexibility index (Phi) is 7.93. The number of fused-ring (bicyclic) bond motifs is 1. The molecule has 38 heavy (non-hydrogen) atoms. The maximum atomic E-state index is 10.3. The van der Waals surface area contributed by atoms with E-state index in [0.29, 0.717) is 11.0 Å². The van der Waals surface area contributed by atoms with Crippen LogP contribution in [0.1, 0.15) is 80.1 Å². The maximum absolute atomic E-state index is 10.3. The molecule has 4 nitrogen and oxygen atoms in total. The Balaban J connectivity index is 1.92. The molecule has 0 bridgehead atoms. The molecule has 4 rings (SSSR count). The molecule has 0 amide bonds. The van der Waals surface area contributed by atoms with Crippen LogP contribution in [0.25, 0.3) is 11.3 Å². The zero-order valence-electron chi connectivity index (χ0n) is 24.8. The highest BCUT2D eigenvalue weighted by molar-refractivity contribution is 5.70. The quantitative estimate of drug-likeness (QED) is 0.405. The van der Waals surface area contributed by atoms with Crippen molar-refractivity contribution >= 4 is 11.3 Å². The smallest absolute Gasteiger partial charge is 0.127 e. The molecule has 4 heteroatoms. The monoisotopic (exact) mass is 516 g/mol. The van der Waals surface area contributed by atoms with Crippen LogP contribution in [0.15, 0.2) is 66.2 Å². The first-order valence-electron chi connectivity index (χ1n) is 14.4. The Morgan fingerprint density at radius 3 is 2.47 bits per heavy atom. The maximum Gasteiger partial charge on any atom is 0.127 e. The third-order valence-corrected chi connectivity index (χ3v) is 8.89. The van der Waals surface area contributed by atoms with Gasteiger partial charge in [0.2, 0.25) is 0 Å². The van der Waals surface area contributed by atoms with Crippen LogP contribution < -0.4 is 15.2 Å². The van der Waals surface area contributed by atoms with E-state index in [1.807, 2.05) is 6.20 Å². The third kappa shape index (κ3) is 5.19. The lowest BCUT2D eigenvalue weighted by atomic mass is 9.67. The van der Waals surface area contributed by atoms with Gasteiger partial charge in [-0.05, 0) is 55.7 Å². The number of piperazine rings is 1. The van der Waals surface area contributed by atoms with Crippen LogP contribution in [0.3, 0.4) is 0 Å². The van der Waals surface area contributed by atoms with Gasteiger partial charge in [-0.1, -0.05) is 78.3 Å². The fraction of sp³-hybridized carbons (Fsp3) is 0.529. The summed E-state index contributed by atoms with van der Waals surface area (Å²) in [6.45, 7) is 23.3. The largest absolute Gasteiger partial charge is 0.508 e. The lowest BCUT2D eigenvalue weighted by Gasteiger charge is -2.50. The second kappa shape index (κ2) is 10.7. The van der Waals surface area contributed by atoms with Crippen LogP contribution >= 0.6 is 0 Å². The summed E-state index contributed by atoms with van der Waals surface area (Å²) in [4.78, 5) is 4.73. The van der Waals surface area contributed by atoms with Gasteiger partial charge in [0.15, 0.2) is 0 Å².